The lowest BCUT2D eigenvalue weighted by molar-refractivity contribution is -0.349. The van der Waals surface area contributed by atoms with Gasteiger partial charge in [0.2, 0.25) is 5.79 Å². The van der Waals surface area contributed by atoms with Gasteiger partial charge >= 0.3 is 5.97 Å². The number of rotatable bonds is 5. The maximum Gasteiger partial charge on any atom is 0.308 e. The Hall–Kier alpha value is -1.77. The predicted octanol–water partition coefficient (Wildman–Crippen LogP) is 4.64. The van der Waals surface area contributed by atoms with E-state index in [1.54, 1.807) is 0 Å². The number of esters is 1. The minimum absolute atomic E-state index is 0.00233. The number of aliphatic hydroxyl groups excluding tert-OH is 3. The van der Waals surface area contributed by atoms with E-state index in [1.807, 2.05) is 0 Å². The van der Waals surface area contributed by atoms with Crippen LogP contribution in [0.15, 0.2) is 24.3 Å². The normalized spacial score (nSPS) is 57.0. The van der Waals surface area contributed by atoms with E-state index >= 15 is 0 Å². The van der Waals surface area contributed by atoms with Crippen LogP contribution in [0.1, 0.15) is 150 Å². The SMILES string of the molecule is C=C1C[C@@H]2CC[C@@]34C[C@H]5O[C@H]6[C@@H](O3)[C@H]3O[C@H](CC[C@@H]3O[C@@]6(O)[C@H]5O4)CC(=O)O[C@@H]3[C@@H](C)[C@@H]4O[C@@H]5C[C@]6(C[C@@H]7O[C@]8(C[C@H](C)[C@@H]9O[C@H]([C@@H](O)CCC(O)CO)C[C@@H]9O8)C[C@H](C)[C@@H]7O6)O[C@@H]5C[C@@H]4O[C@H]3C[C@H]3O[C@@H](CC[C@@H]1O2)C[C@@H](C)C3=C. The summed E-state index contributed by atoms with van der Waals surface area (Å²) in [5.41, 5.74) is 2.09. The number of hydrogen-bond donors (Lipinski definition) is 4. The second-order valence-corrected chi connectivity index (χ2v) is 28.1. The molecule has 16 aliphatic heterocycles. The van der Waals surface area contributed by atoms with E-state index in [1.165, 1.54) is 0 Å². The van der Waals surface area contributed by atoms with Crippen molar-refractivity contribution in [2.45, 2.75) is 319 Å². The zero-order chi connectivity index (χ0) is 55.6. The van der Waals surface area contributed by atoms with Crippen molar-refractivity contribution in [1.82, 2.24) is 0 Å². The Morgan fingerprint density at radius 2 is 1.25 bits per heavy atom. The second kappa shape index (κ2) is 20.7. The van der Waals surface area contributed by atoms with Crippen LogP contribution in [0.2, 0.25) is 0 Å². The van der Waals surface area contributed by atoms with E-state index in [0.717, 1.165) is 36.8 Å². The Balaban J connectivity index is 0.652. The number of hydrogen-bond acceptors (Lipinski definition) is 20. The number of carbonyl (C=O) groups excluding carboxylic acids is 1. The molecule has 16 aliphatic rings. The van der Waals surface area contributed by atoms with Crippen LogP contribution < -0.4 is 0 Å². The van der Waals surface area contributed by atoms with Gasteiger partial charge in [0.25, 0.3) is 0 Å². The van der Waals surface area contributed by atoms with Gasteiger partial charge in [-0.15, -0.1) is 0 Å². The summed E-state index contributed by atoms with van der Waals surface area (Å²) in [6.45, 7) is 17.4. The molecule has 16 rings (SSSR count). The highest BCUT2D eigenvalue weighted by atomic mass is 16.8. The van der Waals surface area contributed by atoms with E-state index < -0.39 is 102 Å². The first-order chi connectivity index (χ1) is 38.8. The Bertz CT molecular complexity index is 2410. The van der Waals surface area contributed by atoms with Crippen LogP contribution in [0, 0.1) is 23.7 Å². The lowest BCUT2D eigenvalue weighted by Crippen LogP contribution is -2.67. The van der Waals surface area contributed by atoms with Crippen LogP contribution >= 0.6 is 0 Å². The summed E-state index contributed by atoms with van der Waals surface area (Å²) in [7, 11) is 0. The quantitative estimate of drug-likeness (QED) is 0.217. The van der Waals surface area contributed by atoms with Gasteiger partial charge < -0.3 is 91.5 Å². The fraction of sp³-hybridized carbons (Fsp3) is 0.918. The van der Waals surface area contributed by atoms with Crippen LogP contribution in [0.3, 0.4) is 0 Å². The molecule has 0 amide bonds. The zero-order valence-electron chi connectivity index (χ0n) is 47.5. The summed E-state index contributed by atoms with van der Waals surface area (Å²) in [5.74, 6) is -4.72. The standard InChI is InChI=1S/C61H88O20/c1-27-15-34-8-11-38-28(2)16-36(67-38)13-14-58-25-48-56(81-58)61(66)57(73-48)55(80-58)54-39(78-61)12-9-35(69-54)17-49(65)74-53-32(6)52-44(70-43(53)18-40(68-34)31(27)5)20-42-46(72-52)23-60(75-42)24-47-51(79-60)30(4)22-59(77-47)21-29(3)50-45(76-59)19-41(71-50)37(64)10-7-33(63)26-62/h27,29-30,32-48,50-57,62-64,66H,2,5,7-26H2,1,3-4,6H3/t27-,29+,30+,32+,33?,34+,35-,36+,37+,38+,39+,40-,41+,42-,43+,44+,45+,46-,47+,48-,50+,51+,52+,53-,54+,55+,56+,57+,58-,59-,60+,61+/m1/s1. The first-order valence-corrected chi connectivity index (χ1v) is 31.4. The zero-order valence-corrected chi connectivity index (χ0v) is 47.5. The highest BCUT2D eigenvalue weighted by Gasteiger charge is 2.76. The average molecular weight is 1140 g/mol. The average Bonchev–Trinajstić information content (AvgIpc) is 2.28. The molecule has 0 aromatic rings. The summed E-state index contributed by atoms with van der Waals surface area (Å²) in [4.78, 5) is 14.6. The topological polar surface area (TPSA) is 236 Å². The van der Waals surface area contributed by atoms with Crippen molar-refractivity contribution >= 4 is 5.97 Å². The van der Waals surface area contributed by atoms with Gasteiger partial charge in [0.1, 0.15) is 30.5 Å². The third kappa shape index (κ3) is 9.63. The highest BCUT2D eigenvalue weighted by Crippen LogP contribution is 2.59. The monoisotopic (exact) mass is 1140 g/mol. The molecule has 81 heavy (non-hydrogen) atoms. The van der Waals surface area contributed by atoms with Crippen LogP contribution in [0.5, 0.6) is 0 Å². The molecule has 32 atom stereocenters. The van der Waals surface area contributed by atoms with Crippen molar-refractivity contribution in [3.05, 3.63) is 24.3 Å². The highest BCUT2D eigenvalue weighted by molar-refractivity contribution is 5.70. The van der Waals surface area contributed by atoms with Crippen molar-refractivity contribution in [2.24, 2.45) is 23.7 Å². The molecule has 12 bridgehead atoms. The van der Waals surface area contributed by atoms with Gasteiger partial charge in [-0.3, -0.25) is 4.79 Å². The largest absolute Gasteiger partial charge is 0.459 e. The van der Waals surface area contributed by atoms with Crippen molar-refractivity contribution in [2.75, 3.05) is 6.61 Å². The molecule has 16 saturated heterocycles. The van der Waals surface area contributed by atoms with Crippen molar-refractivity contribution in [3.8, 4) is 0 Å². The smallest absolute Gasteiger partial charge is 0.308 e. The van der Waals surface area contributed by atoms with Gasteiger partial charge in [-0.2, -0.15) is 0 Å². The Kier molecular flexibility index (Phi) is 14.2. The van der Waals surface area contributed by atoms with Gasteiger partial charge in [-0.1, -0.05) is 40.9 Å². The lowest BCUT2D eigenvalue weighted by atomic mass is 9.79. The number of aliphatic hydroxyl groups is 4. The van der Waals surface area contributed by atoms with Crippen LogP contribution in [0.4, 0.5) is 0 Å². The first kappa shape index (κ1) is 55.8. The number of ether oxygens (including phenoxy) is 15. The summed E-state index contributed by atoms with van der Waals surface area (Å²) < 4.78 is 103. The minimum atomic E-state index is -1.68. The third-order valence-corrected chi connectivity index (χ3v) is 22.3. The summed E-state index contributed by atoms with van der Waals surface area (Å²) in [5, 5.41) is 42.5. The van der Waals surface area contributed by atoms with Crippen LogP contribution in [-0.4, -0.2) is 203 Å². The molecule has 1 unspecified atom stereocenters. The molecule has 0 aliphatic carbocycles. The molecule has 16 fully saturated rings. The molecule has 4 N–H and O–H groups in total. The van der Waals surface area contributed by atoms with Crippen molar-refractivity contribution < 1.29 is 96.3 Å². The third-order valence-electron chi connectivity index (χ3n) is 22.3. The second-order valence-electron chi connectivity index (χ2n) is 28.1. The number of fused-ring (bicyclic) bond motifs is 10. The molecule has 0 aromatic carbocycles. The minimum Gasteiger partial charge on any atom is -0.459 e. The molecular formula is C61H88O20. The Morgan fingerprint density at radius 1 is 0.531 bits per heavy atom. The molecule has 0 saturated carbocycles. The van der Waals surface area contributed by atoms with Gasteiger partial charge in [0, 0.05) is 63.7 Å². The van der Waals surface area contributed by atoms with E-state index in [0.29, 0.717) is 83.5 Å². The van der Waals surface area contributed by atoms with Gasteiger partial charge in [0.15, 0.2) is 17.4 Å². The summed E-state index contributed by atoms with van der Waals surface area (Å²) in [6.07, 6.45) is 0.0710. The van der Waals surface area contributed by atoms with Crippen molar-refractivity contribution in [3.63, 3.8) is 0 Å². The fourth-order valence-electron chi connectivity index (χ4n) is 18.4. The molecule has 20 heteroatoms. The maximum atomic E-state index is 14.6. The summed E-state index contributed by atoms with van der Waals surface area (Å²) in [6, 6.07) is 0. The van der Waals surface area contributed by atoms with E-state index in [4.69, 9.17) is 71.1 Å². The Labute approximate surface area is 474 Å². The molecule has 3 spiro atoms. The van der Waals surface area contributed by atoms with Crippen molar-refractivity contribution in [1.29, 1.82) is 0 Å². The van der Waals surface area contributed by atoms with Crippen LogP contribution in [0.25, 0.3) is 0 Å². The number of carbonyl (C=O) groups is 1. The summed E-state index contributed by atoms with van der Waals surface area (Å²) >= 11 is 0. The molecule has 20 nitrogen and oxygen atoms in total. The fourth-order valence-corrected chi connectivity index (χ4v) is 18.4. The molecule has 16 heterocycles. The van der Waals surface area contributed by atoms with Crippen LogP contribution in [-0.2, 0) is 75.8 Å². The van der Waals surface area contributed by atoms with E-state index in [9.17, 15) is 25.2 Å². The van der Waals surface area contributed by atoms with E-state index in [2.05, 4.69) is 40.9 Å². The first-order valence-electron chi connectivity index (χ1n) is 31.4. The predicted molar refractivity (Wildman–Crippen MR) is 280 cm³/mol. The molecule has 452 valence electrons. The molecule has 0 radical (unpaired) electrons. The molecular weight excluding hydrogens is 1050 g/mol. The van der Waals surface area contributed by atoms with Gasteiger partial charge in [0.05, 0.1) is 129 Å². The lowest BCUT2D eigenvalue weighted by Gasteiger charge is -2.51. The molecule has 0 aromatic heterocycles. The maximum absolute atomic E-state index is 14.6. The Morgan fingerprint density at radius 3 is 2.09 bits per heavy atom. The van der Waals surface area contributed by atoms with Gasteiger partial charge in [-0.05, 0) is 86.7 Å². The van der Waals surface area contributed by atoms with E-state index in [-0.39, 0.29) is 116 Å². The van der Waals surface area contributed by atoms with Gasteiger partial charge in [-0.25, -0.2) is 0 Å².